The Balaban J connectivity index is 2.94. The fraction of sp³-hybridized carbons (Fsp3) is 0.571. The van der Waals surface area contributed by atoms with Gasteiger partial charge in [0.15, 0.2) is 0 Å². The zero-order valence-electron chi connectivity index (χ0n) is 11.4. The van der Waals surface area contributed by atoms with Gasteiger partial charge in [-0.2, -0.15) is 0 Å². The summed E-state index contributed by atoms with van der Waals surface area (Å²) in [5, 5.41) is 1.53. The Morgan fingerprint density at radius 3 is 1.62 bits per heavy atom. The van der Waals surface area contributed by atoms with Crippen LogP contribution in [0.2, 0.25) is 0 Å². The zero-order chi connectivity index (χ0) is 12.3. The molecule has 0 bridgehead atoms. The maximum Gasteiger partial charge on any atom is 0.0361 e. The molecule has 0 spiro atoms. The van der Waals surface area contributed by atoms with Crippen LogP contribution in [0.3, 0.4) is 0 Å². The third-order valence-electron chi connectivity index (χ3n) is 2.78. The Bertz CT molecular complexity index is 306. The number of benzene rings is 1. The van der Waals surface area contributed by atoms with Crippen molar-refractivity contribution in [2.24, 2.45) is 0 Å². The van der Waals surface area contributed by atoms with Gasteiger partial charge in [-0.25, -0.2) is 0 Å². The molecule has 0 N–H and O–H groups in total. The van der Waals surface area contributed by atoms with E-state index >= 15 is 0 Å². The molecule has 0 aliphatic carbocycles. The molecule has 0 radical (unpaired) electrons. The minimum atomic E-state index is -0.0239. The number of hydrogen-bond donors (Lipinski definition) is 0. The lowest BCUT2D eigenvalue weighted by Gasteiger charge is -2.26. The molecule has 16 heavy (non-hydrogen) atoms. The molecule has 1 rings (SSSR count). The van der Waals surface area contributed by atoms with E-state index < -0.39 is 0 Å². The summed E-state index contributed by atoms with van der Waals surface area (Å²) in [6, 6.07) is 9.08. The van der Waals surface area contributed by atoms with E-state index in [2.05, 4.69) is 71.0 Å². The Morgan fingerprint density at radius 1 is 0.875 bits per heavy atom. The highest BCUT2D eigenvalue weighted by Gasteiger charge is 2.18. The lowest BCUT2D eigenvalue weighted by Crippen LogP contribution is -2.16. The summed E-state index contributed by atoms with van der Waals surface area (Å²) in [5.41, 5.74) is 2.81. The van der Waals surface area contributed by atoms with E-state index in [1.54, 1.807) is 0 Å². The maximum absolute atomic E-state index is 2.34. The molecule has 0 atom stereocenters. The largest absolute Gasteiger partial charge is 0.378 e. The van der Waals surface area contributed by atoms with Crippen LogP contribution < -0.4 is 10.2 Å². The molecule has 2 heteroatoms. The molecule has 90 valence electrons. The van der Waals surface area contributed by atoms with Crippen molar-refractivity contribution < 1.29 is 0 Å². The third-order valence-corrected chi connectivity index (χ3v) is 5.90. The molecule has 0 unspecified atom stereocenters. The molecule has 0 heterocycles. The molecular weight excluding hydrogens is 213 g/mol. The summed E-state index contributed by atoms with van der Waals surface area (Å²) >= 11 is 0. The van der Waals surface area contributed by atoms with Gasteiger partial charge in [0.05, 0.1) is 0 Å². The number of anilines is 1. The maximum atomic E-state index is 2.34. The lowest BCUT2D eigenvalue weighted by atomic mass is 10.3. The van der Waals surface area contributed by atoms with E-state index in [0.717, 1.165) is 11.3 Å². The molecule has 0 aromatic heterocycles. The minimum absolute atomic E-state index is 0.0239. The van der Waals surface area contributed by atoms with Crippen LogP contribution in [-0.4, -0.2) is 25.4 Å². The van der Waals surface area contributed by atoms with Crippen molar-refractivity contribution in [3.63, 3.8) is 0 Å². The standard InChI is InChI=1S/C14H24NP/c1-11(2)16(12(3)4)14-9-7-13(8-10-14)15(5)6/h7-12H,1-6H3. The highest BCUT2D eigenvalue weighted by atomic mass is 31.1. The van der Waals surface area contributed by atoms with Gasteiger partial charge in [-0.05, 0) is 28.8 Å². The highest BCUT2D eigenvalue weighted by Crippen LogP contribution is 2.44. The van der Waals surface area contributed by atoms with Crippen LogP contribution in [0.1, 0.15) is 27.7 Å². The van der Waals surface area contributed by atoms with Crippen molar-refractivity contribution in [1.82, 2.24) is 0 Å². The van der Waals surface area contributed by atoms with Crippen molar-refractivity contribution >= 4 is 18.9 Å². The average molecular weight is 237 g/mol. The Hall–Kier alpha value is -0.550. The van der Waals surface area contributed by atoms with E-state index in [0.29, 0.717) is 0 Å². The van der Waals surface area contributed by atoms with Crippen molar-refractivity contribution in [2.75, 3.05) is 19.0 Å². The van der Waals surface area contributed by atoms with Crippen LogP contribution in [-0.2, 0) is 0 Å². The molecule has 0 aliphatic heterocycles. The van der Waals surface area contributed by atoms with Gasteiger partial charge in [-0.3, -0.25) is 0 Å². The summed E-state index contributed by atoms with van der Waals surface area (Å²) in [6.07, 6.45) is 0. The highest BCUT2D eigenvalue weighted by molar-refractivity contribution is 7.66. The number of nitrogens with zero attached hydrogens (tertiary/aromatic N) is 1. The predicted molar refractivity (Wildman–Crippen MR) is 77.6 cm³/mol. The van der Waals surface area contributed by atoms with Crippen molar-refractivity contribution in [3.8, 4) is 0 Å². The second-order valence-corrected chi connectivity index (χ2v) is 8.40. The Kier molecular flexibility index (Phi) is 4.80. The summed E-state index contributed by atoms with van der Waals surface area (Å²) in [4.78, 5) is 2.15. The topological polar surface area (TPSA) is 3.24 Å². The van der Waals surface area contributed by atoms with Crippen LogP contribution in [0.5, 0.6) is 0 Å². The quantitative estimate of drug-likeness (QED) is 0.722. The van der Waals surface area contributed by atoms with Gasteiger partial charge in [-0.1, -0.05) is 47.7 Å². The van der Waals surface area contributed by atoms with Gasteiger partial charge in [0, 0.05) is 19.8 Å². The van der Waals surface area contributed by atoms with E-state index in [1.165, 1.54) is 11.0 Å². The average Bonchev–Trinajstić information content (AvgIpc) is 2.17. The van der Waals surface area contributed by atoms with E-state index in [-0.39, 0.29) is 7.92 Å². The van der Waals surface area contributed by atoms with Crippen molar-refractivity contribution in [3.05, 3.63) is 24.3 Å². The summed E-state index contributed by atoms with van der Waals surface area (Å²) in [5.74, 6) is 0. The fourth-order valence-electron chi connectivity index (χ4n) is 2.12. The van der Waals surface area contributed by atoms with Crippen LogP contribution in [0.25, 0.3) is 0 Å². The van der Waals surface area contributed by atoms with Gasteiger partial charge in [0.1, 0.15) is 0 Å². The lowest BCUT2D eigenvalue weighted by molar-refractivity contribution is 1.02. The molecule has 0 aliphatic rings. The first-order valence-corrected chi connectivity index (χ1v) is 7.47. The summed E-state index contributed by atoms with van der Waals surface area (Å²) in [6.45, 7) is 9.36. The first kappa shape index (κ1) is 13.5. The molecule has 0 saturated carbocycles. The first-order chi connectivity index (χ1) is 7.43. The first-order valence-electron chi connectivity index (χ1n) is 5.99. The van der Waals surface area contributed by atoms with Crippen LogP contribution in [0, 0.1) is 0 Å². The van der Waals surface area contributed by atoms with Crippen LogP contribution in [0.15, 0.2) is 24.3 Å². The summed E-state index contributed by atoms with van der Waals surface area (Å²) in [7, 11) is 4.15. The SMILES string of the molecule is CC(C)P(c1ccc(N(C)C)cc1)C(C)C. The van der Waals surface area contributed by atoms with Gasteiger partial charge in [0.25, 0.3) is 0 Å². The molecule has 1 aromatic rings. The molecular formula is C14H24NP. The second kappa shape index (κ2) is 5.68. The molecule has 1 aromatic carbocycles. The normalized spacial score (nSPS) is 11.6. The third kappa shape index (κ3) is 3.22. The number of rotatable bonds is 4. The van der Waals surface area contributed by atoms with Crippen LogP contribution in [0.4, 0.5) is 5.69 Å². The van der Waals surface area contributed by atoms with Gasteiger partial charge in [0.2, 0.25) is 0 Å². The molecule has 0 amide bonds. The monoisotopic (exact) mass is 237 g/mol. The number of hydrogen-bond acceptors (Lipinski definition) is 1. The zero-order valence-corrected chi connectivity index (χ0v) is 12.3. The van der Waals surface area contributed by atoms with Crippen molar-refractivity contribution in [1.29, 1.82) is 0 Å². The smallest absolute Gasteiger partial charge is 0.0361 e. The van der Waals surface area contributed by atoms with Gasteiger partial charge in [-0.15, -0.1) is 0 Å². The van der Waals surface area contributed by atoms with E-state index in [1.807, 2.05) is 0 Å². The van der Waals surface area contributed by atoms with Gasteiger partial charge >= 0.3 is 0 Å². The molecule has 1 nitrogen and oxygen atoms in total. The fourth-order valence-corrected chi connectivity index (χ4v) is 4.99. The van der Waals surface area contributed by atoms with Crippen LogP contribution >= 0.6 is 7.92 Å². The molecule has 0 saturated heterocycles. The van der Waals surface area contributed by atoms with Crippen molar-refractivity contribution in [2.45, 2.75) is 39.0 Å². The predicted octanol–water partition coefficient (Wildman–Crippen LogP) is 3.68. The Morgan fingerprint density at radius 2 is 1.31 bits per heavy atom. The summed E-state index contributed by atoms with van der Waals surface area (Å²) < 4.78 is 0. The molecule has 0 fully saturated rings. The Labute approximate surface area is 102 Å². The van der Waals surface area contributed by atoms with Gasteiger partial charge < -0.3 is 4.90 Å². The second-order valence-electron chi connectivity index (χ2n) is 5.01. The van der Waals surface area contributed by atoms with E-state index in [4.69, 9.17) is 0 Å². The van der Waals surface area contributed by atoms with E-state index in [9.17, 15) is 0 Å². The minimum Gasteiger partial charge on any atom is -0.378 e.